The number of nitrogens with one attached hydrogen (secondary N) is 2. The second kappa shape index (κ2) is 6.37. The first-order chi connectivity index (χ1) is 9.53. The lowest BCUT2D eigenvalue weighted by molar-refractivity contribution is 0.0937. The van der Waals surface area contributed by atoms with Gasteiger partial charge in [0.2, 0.25) is 10.0 Å². The van der Waals surface area contributed by atoms with Gasteiger partial charge >= 0.3 is 0 Å². The van der Waals surface area contributed by atoms with Crippen LogP contribution in [0.2, 0.25) is 0 Å². The maximum atomic E-state index is 12.1. The zero-order valence-corrected chi connectivity index (χ0v) is 12.4. The molecule has 5 nitrogen and oxygen atoms in total. The molecule has 6 heteroatoms. The normalized spacial score (nSPS) is 16.2. The molecule has 1 saturated carbocycles. The molecule has 0 heterocycles. The summed E-state index contributed by atoms with van der Waals surface area (Å²) in [5, 5.41) is 2.95. The van der Waals surface area contributed by atoms with Crippen LogP contribution >= 0.6 is 0 Å². The van der Waals surface area contributed by atoms with E-state index in [0.29, 0.717) is 12.1 Å². The first-order valence-corrected chi connectivity index (χ1v) is 8.42. The summed E-state index contributed by atoms with van der Waals surface area (Å²) >= 11 is 0. The second-order valence-corrected chi connectivity index (χ2v) is 6.75. The lowest BCUT2D eigenvalue weighted by Gasteiger charge is -2.12. The smallest absolute Gasteiger partial charge is 0.251 e. The zero-order valence-electron chi connectivity index (χ0n) is 11.6. The maximum absolute atomic E-state index is 12.1. The van der Waals surface area contributed by atoms with Crippen LogP contribution < -0.4 is 10.0 Å². The molecule has 0 aromatic heterocycles. The molecule has 1 aromatic carbocycles. The molecule has 2 N–H and O–H groups in total. The minimum absolute atomic E-state index is 0.124. The molecule has 0 radical (unpaired) electrons. The van der Waals surface area contributed by atoms with Crippen molar-refractivity contribution >= 4 is 15.9 Å². The highest BCUT2D eigenvalue weighted by Gasteiger charge is 2.19. The molecule has 0 unspecified atom stereocenters. The Balaban J connectivity index is 2.14. The summed E-state index contributed by atoms with van der Waals surface area (Å²) in [7, 11) is -3.52. The molecule has 0 atom stereocenters. The fourth-order valence-electron chi connectivity index (χ4n) is 2.42. The molecule has 0 bridgehead atoms. The van der Waals surface area contributed by atoms with Crippen molar-refractivity contribution in [2.24, 2.45) is 0 Å². The van der Waals surface area contributed by atoms with E-state index in [9.17, 15) is 13.2 Å². The van der Waals surface area contributed by atoms with E-state index in [2.05, 4.69) is 10.0 Å². The highest BCUT2D eigenvalue weighted by Crippen LogP contribution is 2.18. The Kier molecular flexibility index (Phi) is 4.77. The summed E-state index contributed by atoms with van der Waals surface area (Å²) in [5.74, 6) is -0.203. The molecule has 0 saturated heterocycles. The van der Waals surface area contributed by atoms with Crippen molar-refractivity contribution < 1.29 is 13.2 Å². The van der Waals surface area contributed by atoms with Crippen LogP contribution in [0.3, 0.4) is 0 Å². The SMILES string of the molecule is CCNS(=O)(=O)c1cccc(C(=O)NC2CCCC2)c1. The van der Waals surface area contributed by atoms with Gasteiger partial charge in [0.1, 0.15) is 0 Å². The van der Waals surface area contributed by atoms with E-state index >= 15 is 0 Å². The minimum Gasteiger partial charge on any atom is -0.349 e. The fourth-order valence-corrected chi connectivity index (χ4v) is 3.50. The monoisotopic (exact) mass is 296 g/mol. The van der Waals surface area contributed by atoms with Crippen molar-refractivity contribution in [3.05, 3.63) is 29.8 Å². The summed E-state index contributed by atoms with van der Waals surface area (Å²) in [6.07, 6.45) is 4.28. The number of amides is 1. The van der Waals surface area contributed by atoms with E-state index in [1.165, 1.54) is 12.1 Å². The van der Waals surface area contributed by atoms with Gasteiger partial charge in [0, 0.05) is 18.2 Å². The Bertz CT molecular complexity index is 578. The number of hydrogen-bond acceptors (Lipinski definition) is 3. The highest BCUT2D eigenvalue weighted by molar-refractivity contribution is 7.89. The van der Waals surface area contributed by atoms with E-state index in [4.69, 9.17) is 0 Å². The van der Waals surface area contributed by atoms with Crippen LogP contribution in [0.4, 0.5) is 0 Å². The van der Waals surface area contributed by atoms with Crippen LogP contribution in [0, 0.1) is 0 Å². The minimum atomic E-state index is -3.52. The van der Waals surface area contributed by atoms with Crippen LogP contribution in [0.25, 0.3) is 0 Å². The van der Waals surface area contributed by atoms with E-state index in [1.54, 1.807) is 19.1 Å². The number of rotatable bonds is 5. The molecule has 1 fully saturated rings. The van der Waals surface area contributed by atoms with Crippen molar-refractivity contribution in [1.29, 1.82) is 0 Å². The highest BCUT2D eigenvalue weighted by atomic mass is 32.2. The largest absolute Gasteiger partial charge is 0.349 e. The average Bonchev–Trinajstić information content (AvgIpc) is 2.92. The van der Waals surface area contributed by atoms with Gasteiger partial charge in [-0.25, -0.2) is 13.1 Å². The Labute approximate surface area is 119 Å². The number of benzene rings is 1. The van der Waals surface area contributed by atoms with Gasteiger partial charge < -0.3 is 5.32 Å². The van der Waals surface area contributed by atoms with Crippen LogP contribution in [0.5, 0.6) is 0 Å². The van der Waals surface area contributed by atoms with E-state index in [0.717, 1.165) is 25.7 Å². The van der Waals surface area contributed by atoms with Crippen molar-refractivity contribution in [2.75, 3.05) is 6.54 Å². The summed E-state index contributed by atoms with van der Waals surface area (Å²) in [4.78, 5) is 12.2. The molecule has 110 valence electrons. The van der Waals surface area contributed by atoms with Gasteiger partial charge in [-0.1, -0.05) is 25.8 Å². The second-order valence-electron chi connectivity index (χ2n) is 4.98. The Morgan fingerprint density at radius 2 is 2.00 bits per heavy atom. The Hall–Kier alpha value is -1.40. The van der Waals surface area contributed by atoms with Gasteiger partial charge in [-0.3, -0.25) is 4.79 Å². The maximum Gasteiger partial charge on any atom is 0.251 e. The van der Waals surface area contributed by atoms with Crippen molar-refractivity contribution in [2.45, 2.75) is 43.5 Å². The predicted octanol–water partition coefficient (Wildman–Crippen LogP) is 1.66. The third-order valence-corrected chi connectivity index (χ3v) is 4.97. The topological polar surface area (TPSA) is 75.3 Å². The van der Waals surface area contributed by atoms with E-state index < -0.39 is 10.0 Å². The van der Waals surface area contributed by atoms with Crippen LogP contribution in [0.15, 0.2) is 29.2 Å². The molecular formula is C14H20N2O3S. The summed E-state index contributed by atoms with van der Waals surface area (Å²) < 4.78 is 26.2. The number of hydrogen-bond donors (Lipinski definition) is 2. The Morgan fingerprint density at radius 3 is 2.65 bits per heavy atom. The van der Waals surface area contributed by atoms with Crippen LogP contribution in [0.1, 0.15) is 43.0 Å². The van der Waals surface area contributed by atoms with Crippen molar-refractivity contribution in [1.82, 2.24) is 10.0 Å². The molecule has 2 rings (SSSR count). The summed E-state index contributed by atoms with van der Waals surface area (Å²) in [6, 6.07) is 6.35. The van der Waals surface area contributed by atoms with Crippen LogP contribution in [-0.2, 0) is 10.0 Å². The number of sulfonamides is 1. The van der Waals surface area contributed by atoms with Gasteiger partial charge in [0.15, 0.2) is 0 Å². The van der Waals surface area contributed by atoms with E-state index in [1.807, 2.05) is 0 Å². The van der Waals surface area contributed by atoms with Gasteiger partial charge in [-0.2, -0.15) is 0 Å². The fraction of sp³-hybridized carbons (Fsp3) is 0.500. The predicted molar refractivity (Wildman–Crippen MR) is 77.0 cm³/mol. The van der Waals surface area contributed by atoms with Crippen LogP contribution in [-0.4, -0.2) is 26.9 Å². The molecule has 1 amide bonds. The lowest BCUT2D eigenvalue weighted by atomic mass is 10.2. The lowest BCUT2D eigenvalue weighted by Crippen LogP contribution is -2.32. The molecule has 0 aliphatic heterocycles. The molecule has 1 aromatic rings. The van der Waals surface area contributed by atoms with Crippen molar-refractivity contribution in [3.63, 3.8) is 0 Å². The third kappa shape index (κ3) is 3.58. The third-order valence-electron chi connectivity index (χ3n) is 3.43. The number of carbonyl (C=O) groups excluding carboxylic acids is 1. The van der Waals surface area contributed by atoms with Gasteiger partial charge in [0.05, 0.1) is 4.90 Å². The molecular weight excluding hydrogens is 276 g/mol. The van der Waals surface area contributed by atoms with Crippen molar-refractivity contribution in [3.8, 4) is 0 Å². The van der Waals surface area contributed by atoms with Gasteiger partial charge in [0.25, 0.3) is 5.91 Å². The molecule has 1 aliphatic rings. The molecule has 0 spiro atoms. The van der Waals surface area contributed by atoms with E-state index in [-0.39, 0.29) is 16.8 Å². The first kappa shape index (κ1) is 15.0. The van der Waals surface area contributed by atoms with Gasteiger partial charge in [-0.15, -0.1) is 0 Å². The van der Waals surface area contributed by atoms with Gasteiger partial charge in [-0.05, 0) is 31.0 Å². The molecule has 20 heavy (non-hydrogen) atoms. The average molecular weight is 296 g/mol. The number of carbonyl (C=O) groups is 1. The Morgan fingerprint density at radius 1 is 1.30 bits per heavy atom. The molecule has 1 aliphatic carbocycles. The summed E-state index contributed by atoms with van der Waals surface area (Å²) in [5.41, 5.74) is 0.385. The quantitative estimate of drug-likeness (QED) is 0.867. The zero-order chi connectivity index (χ0) is 14.6. The standard InChI is InChI=1S/C14H20N2O3S/c1-2-15-20(18,19)13-9-5-6-11(10-13)14(17)16-12-7-3-4-8-12/h5-6,9-10,12,15H,2-4,7-8H2,1H3,(H,16,17). The first-order valence-electron chi connectivity index (χ1n) is 6.93. The summed E-state index contributed by atoms with van der Waals surface area (Å²) in [6.45, 7) is 2.04.